The molecule has 3 aromatic carbocycles. The molecule has 8 nitrogen and oxygen atoms in total. The van der Waals surface area contributed by atoms with Crippen LogP contribution in [0.15, 0.2) is 77.7 Å². The molecule has 0 radical (unpaired) electrons. The first-order valence-electron chi connectivity index (χ1n) is 10.1. The summed E-state index contributed by atoms with van der Waals surface area (Å²) in [4.78, 5) is 23.9. The van der Waals surface area contributed by atoms with E-state index in [2.05, 4.69) is 10.1 Å². The Morgan fingerprint density at radius 1 is 0.912 bits per heavy atom. The van der Waals surface area contributed by atoms with Crippen molar-refractivity contribution in [2.45, 2.75) is 11.8 Å². The van der Waals surface area contributed by atoms with Crippen LogP contribution in [0.1, 0.15) is 21.5 Å². The third kappa shape index (κ3) is 6.23. The fourth-order valence-electron chi connectivity index (χ4n) is 2.93. The van der Waals surface area contributed by atoms with Gasteiger partial charge >= 0.3 is 16.1 Å². The first kappa shape index (κ1) is 24.5. The molecule has 0 saturated heterocycles. The van der Waals surface area contributed by atoms with Gasteiger partial charge in [-0.15, -0.1) is 0 Å². The van der Waals surface area contributed by atoms with Gasteiger partial charge in [0, 0.05) is 11.8 Å². The molecule has 3 rings (SSSR count). The van der Waals surface area contributed by atoms with E-state index < -0.39 is 22.0 Å². The van der Waals surface area contributed by atoms with E-state index in [0.29, 0.717) is 16.8 Å². The zero-order chi connectivity index (χ0) is 24.7. The minimum atomic E-state index is -4.04. The molecule has 0 unspecified atom stereocenters. The van der Waals surface area contributed by atoms with Crippen molar-refractivity contribution in [2.24, 2.45) is 0 Å². The van der Waals surface area contributed by atoms with Crippen LogP contribution in [0, 0.1) is 6.92 Å². The van der Waals surface area contributed by atoms with Gasteiger partial charge in [0.05, 0.1) is 19.8 Å². The van der Waals surface area contributed by atoms with Crippen molar-refractivity contribution in [3.05, 3.63) is 89.5 Å². The topological polar surface area (TPSA) is 108 Å². The first-order chi connectivity index (χ1) is 16.2. The lowest BCUT2D eigenvalue weighted by Crippen LogP contribution is -2.10. The van der Waals surface area contributed by atoms with Crippen LogP contribution >= 0.6 is 0 Å². The number of methoxy groups -OCH3 is 2. The van der Waals surface area contributed by atoms with Crippen molar-refractivity contribution in [3.63, 3.8) is 0 Å². The summed E-state index contributed by atoms with van der Waals surface area (Å²) in [5.74, 6) is -0.734. The summed E-state index contributed by atoms with van der Waals surface area (Å²) < 4.78 is 40.3. The van der Waals surface area contributed by atoms with E-state index in [9.17, 15) is 18.0 Å². The number of nitrogens with one attached hydrogen (secondary N) is 1. The second kappa shape index (κ2) is 10.7. The molecular weight excluding hydrogens is 458 g/mol. The van der Waals surface area contributed by atoms with Gasteiger partial charge in [-0.3, -0.25) is 4.79 Å². The smallest absolute Gasteiger partial charge is 0.339 e. The minimum absolute atomic E-state index is 0.0179. The minimum Gasteiger partial charge on any atom is -0.493 e. The van der Waals surface area contributed by atoms with Gasteiger partial charge in [0.15, 0.2) is 11.5 Å². The molecule has 0 aliphatic carbocycles. The largest absolute Gasteiger partial charge is 0.493 e. The molecule has 0 bridgehead atoms. The van der Waals surface area contributed by atoms with E-state index >= 15 is 0 Å². The highest BCUT2D eigenvalue weighted by molar-refractivity contribution is 7.87. The van der Waals surface area contributed by atoms with Gasteiger partial charge in [-0.05, 0) is 61.0 Å². The summed E-state index contributed by atoms with van der Waals surface area (Å²) in [6.45, 7) is 1.85. The van der Waals surface area contributed by atoms with Gasteiger partial charge in [0.1, 0.15) is 4.90 Å². The molecule has 0 atom stereocenters. The lowest BCUT2D eigenvalue weighted by molar-refractivity contribution is -0.111. The number of anilines is 1. The number of benzene rings is 3. The standard InChI is InChI=1S/C25H23NO7S/c1-17-7-11-21(12-8-17)34(29,30)33-22-13-9-18(15-23(22)31-2)10-14-24(27)26-20-6-4-5-19(16-20)25(28)32-3/h4-16H,1-3H3,(H,26,27). The molecule has 1 amide bonds. The molecule has 0 aliphatic heterocycles. The number of hydrogen-bond donors (Lipinski definition) is 1. The number of rotatable bonds is 8. The zero-order valence-electron chi connectivity index (χ0n) is 18.8. The number of amides is 1. The molecule has 0 spiro atoms. The Kier molecular flexibility index (Phi) is 7.70. The fraction of sp³-hybridized carbons (Fsp3) is 0.120. The van der Waals surface area contributed by atoms with E-state index in [1.807, 2.05) is 6.92 Å². The molecule has 3 aromatic rings. The summed E-state index contributed by atoms with van der Waals surface area (Å²) in [6.07, 6.45) is 2.82. The van der Waals surface area contributed by atoms with Crippen LogP contribution < -0.4 is 14.2 Å². The van der Waals surface area contributed by atoms with Gasteiger partial charge < -0.3 is 19.0 Å². The van der Waals surface area contributed by atoms with Gasteiger partial charge in [-0.25, -0.2) is 4.79 Å². The van der Waals surface area contributed by atoms with E-state index in [-0.39, 0.29) is 16.4 Å². The second-order valence-electron chi connectivity index (χ2n) is 7.16. The molecule has 34 heavy (non-hydrogen) atoms. The maximum Gasteiger partial charge on any atom is 0.339 e. The number of hydrogen-bond acceptors (Lipinski definition) is 7. The van der Waals surface area contributed by atoms with E-state index in [0.717, 1.165) is 5.56 Å². The number of ether oxygens (including phenoxy) is 2. The Hall–Kier alpha value is -4.11. The Labute approximate surface area is 197 Å². The zero-order valence-corrected chi connectivity index (χ0v) is 19.6. The van der Waals surface area contributed by atoms with Crippen LogP contribution in [0.5, 0.6) is 11.5 Å². The van der Waals surface area contributed by atoms with Crippen LogP contribution in [-0.2, 0) is 19.6 Å². The number of aryl methyl sites for hydroxylation is 1. The Balaban J connectivity index is 1.72. The van der Waals surface area contributed by atoms with Gasteiger partial charge in [0.2, 0.25) is 5.91 Å². The lowest BCUT2D eigenvalue weighted by Gasteiger charge is -2.11. The predicted molar refractivity (Wildman–Crippen MR) is 127 cm³/mol. The van der Waals surface area contributed by atoms with Crippen LogP contribution in [0.4, 0.5) is 5.69 Å². The quantitative estimate of drug-likeness (QED) is 0.292. The van der Waals surface area contributed by atoms with Crippen LogP contribution in [-0.4, -0.2) is 34.5 Å². The summed E-state index contributed by atoms with van der Waals surface area (Å²) >= 11 is 0. The average molecular weight is 482 g/mol. The monoisotopic (exact) mass is 481 g/mol. The highest BCUT2D eigenvalue weighted by atomic mass is 32.2. The number of esters is 1. The van der Waals surface area contributed by atoms with E-state index in [1.165, 1.54) is 50.6 Å². The predicted octanol–water partition coefficient (Wildman–Crippen LogP) is 4.21. The second-order valence-corrected chi connectivity index (χ2v) is 8.70. The third-order valence-electron chi connectivity index (χ3n) is 4.68. The summed E-state index contributed by atoms with van der Waals surface area (Å²) in [7, 11) is -1.38. The van der Waals surface area contributed by atoms with Crippen molar-refractivity contribution in [3.8, 4) is 11.5 Å². The highest BCUT2D eigenvalue weighted by Gasteiger charge is 2.19. The Bertz CT molecular complexity index is 1330. The van der Waals surface area contributed by atoms with Gasteiger partial charge in [-0.2, -0.15) is 8.42 Å². The molecule has 0 aromatic heterocycles. The molecule has 9 heteroatoms. The molecule has 0 heterocycles. The maximum atomic E-state index is 12.6. The molecular formula is C25H23NO7S. The Morgan fingerprint density at radius 2 is 1.65 bits per heavy atom. The third-order valence-corrected chi connectivity index (χ3v) is 5.92. The van der Waals surface area contributed by atoms with Crippen molar-refractivity contribution in [1.82, 2.24) is 0 Å². The van der Waals surface area contributed by atoms with Gasteiger partial charge in [0.25, 0.3) is 0 Å². The van der Waals surface area contributed by atoms with Crippen LogP contribution in [0.25, 0.3) is 6.08 Å². The summed E-state index contributed by atoms with van der Waals surface area (Å²) in [5, 5.41) is 2.66. The molecule has 0 saturated carbocycles. The number of carbonyl (C=O) groups is 2. The summed E-state index contributed by atoms with van der Waals surface area (Å²) in [6, 6.07) is 17.2. The van der Waals surface area contributed by atoms with Crippen molar-refractivity contribution in [2.75, 3.05) is 19.5 Å². The van der Waals surface area contributed by atoms with Crippen molar-refractivity contribution >= 4 is 33.8 Å². The van der Waals surface area contributed by atoms with Crippen LogP contribution in [0.3, 0.4) is 0 Å². The fourth-order valence-corrected chi connectivity index (χ4v) is 3.87. The van der Waals surface area contributed by atoms with Crippen molar-refractivity contribution in [1.29, 1.82) is 0 Å². The summed E-state index contributed by atoms with van der Waals surface area (Å²) in [5.41, 5.74) is 2.24. The SMILES string of the molecule is COC(=O)c1cccc(NC(=O)C=Cc2ccc(OS(=O)(=O)c3ccc(C)cc3)c(OC)c2)c1. The van der Waals surface area contributed by atoms with E-state index in [1.54, 1.807) is 42.5 Å². The average Bonchev–Trinajstić information content (AvgIpc) is 2.83. The highest BCUT2D eigenvalue weighted by Crippen LogP contribution is 2.31. The van der Waals surface area contributed by atoms with E-state index in [4.69, 9.17) is 8.92 Å². The van der Waals surface area contributed by atoms with Crippen molar-refractivity contribution < 1.29 is 31.7 Å². The van der Waals surface area contributed by atoms with Crippen LogP contribution in [0.2, 0.25) is 0 Å². The Morgan fingerprint density at radius 3 is 2.32 bits per heavy atom. The molecule has 1 N–H and O–H groups in total. The normalized spacial score (nSPS) is 11.1. The number of carbonyl (C=O) groups excluding carboxylic acids is 2. The maximum absolute atomic E-state index is 12.6. The van der Waals surface area contributed by atoms with Gasteiger partial charge in [-0.1, -0.05) is 29.8 Å². The molecule has 0 fully saturated rings. The first-order valence-corrected chi connectivity index (χ1v) is 11.5. The molecule has 0 aliphatic rings. The lowest BCUT2D eigenvalue weighted by atomic mass is 10.2. The molecule has 176 valence electrons.